The highest BCUT2D eigenvalue weighted by atomic mass is 79.9. The lowest BCUT2D eigenvalue weighted by atomic mass is 10.1. The highest BCUT2D eigenvalue weighted by Crippen LogP contribution is 2.27. The molecule has 0 unspecified atom stereocenters. The molecule has 2 aromatic carbocycles. The third-order valence-corrected chi connectivity index (χ3v) is 3.54. The van der Waals surface area contributed by atoms with Crippen molar-refractivity contribution < 1.29 is 19.4 Å². The number of carbonyl (C=O) groups is 2. The molecule has 5 nitrogen and oxygen atoms in total. The first-order valence-electron chi connectivity index (χ1n) is 6.53. The molecule has 0 saturated heterocycles. The van der Waals surface area contributed by atoms with Crippen molar-refractivity contribution in [1.82, 2.24) is 0 Å². The first kappa shape index (κ1) is 16.0. The third kappa shape index (κ3) is 4.60. The quantitative estimate of drug-likeness (QED) is 0.846. The third-order valence-electron chi connectivity index (χ3n) is 2.88. The van der Waals surface area contributed by atoms with Gasteiger partial charge >= 0.3 is 12.1 Å². The number of carboxylic acids is 1. The van der Waals surface area contributed by atoms with Gasteiger partial charge in [-0.15, -0.1) is 0 Å². The Hall–Kier alpha value is -2.34. The van der Waals surface area contributed by atoms with Gasteiger partial charge in [-0.05, 0) is 33.1 Å². The van der Waals surface area contributed by atoms with Crippen LogP contribution < -0.4 is 5.32 Å². The molecule has 2 aromatic rings. The summed E-state index contributed by atoms with van der Waals surface area (Å²) in [6.45, 7) is 0.144. The Bertz CT molecular complexity index is 673. The standard InChI is InChI=1S/C16H14BrNO4/c17-13-8-4-7-12(9-14(19)20)15(13)18-16(21)22-10-11-5-2-1-3-6-11/h1-8H,9-10H2,(H,18,21)(H,19,20). The summed E-state index contributed by atoms with van der Waals surface area (Å²) >= 11 is 3.30. The molecule has 6 heteroatoms. The van der Waals surface area contributed by atoms with Crippen LogP contribution in [0.2, 0.25) is 0 Å². The Kier molecular flexibility index (Phi) is 5.55. The first-order chi connectivity index (χ1) is 10.6. The number of aliphatic carboxylic acids is 1. The number of hydrogen-bond donors (Lipinski definition) is 2. The summed E-state index contributed by atoms with van der Waals surface area (Å²) in [6, 6.07) is 14.4. The SMILES string of the molecule is O=C(O)Cc1cccc(Br)c1NC(=O)OCc1ccccc1. The zero-order chi connectivity index (χ0) is 15.9. The lowest BCUT2D eigenvalue weighted by molar-refractivity contribution is -0.136. The van der Waals surface area contributed by atoms with Crippen LogP contribution in [0.15, 0.2) is 53.0 Å². The topological polar surface area (TPSA) is 75.6 Å². The summed E-state index contributed by atoms with van der Waals surface area (Å²) in [6.07, 6.45) is -0.823. The van der Waals surface area contributed by atoms with Crippen molar-refractivity contribution in [3.8, 4) is 0 Å². The number of anilines is 1. The van der Waals surface area contributed by atoms with Crippen LogP contribution in [0.4, 0.5) is 10.5 Å². The van der Waals surface area contributed by atoms with Crippen molar-refractivity contribution in [2.45, 2.75) is 13.0 Å². The molecule has 0 aliphatic rings. The predicted octanol–water partition coefficient (Wildman–Crippen LogP) is 3.82. The van der Waals surface area contributed by atoms with Gasteiger partial charge in [-0.2, -0.15) is 0 Å². The average molecular weight is 364 g/mol. The number of ether oxygens (including phenoxy) is 1. The molecule has 1 amide bonds. The second kappa shape index (κ2) is 7.61. The molecule has 0 spiro atoms. The maximum absolute atomic E-state index is 11.9. The van der Waals surface area contributed by atoms with Gasteiger partial charge in [0.15, 0.2) is 0 Å². The van der Waals surface area contributed by atoms with Gasteiger partial charge in [0.2, 0.25) is 0 Å². The number of benzene rings is 2. The van der Waals surface area contributed by atoms with Gasteiger partial charge in [0, 0.05) is 4.47 Å². The largest absolute Gasteiger partial charge is 0.481 e. The molecule has 0 aliphatic carbocycles. The van der Waals surface area contributed by atoms with Crippen LogP contribution in [0.3, 0.4) is 0 Å². The molecule has 0 bridgehead atoms. The Balaban J connectivity index is 2.03. The Labute approximate surface area is 136 Å². The molecule has 0 heterocycles. The van der Waals surface area contributed by atoms with Crippen LogP contribution in [0.5, 0.6) is 0 Å². The van der Waals surface area contributed by atoms with Crippen molar-refractivity contribution in [1.29, 1.82) is 0 Å². The van der Waals surface area contributed by atoms with Gasteiger partial charge in [-0.3, -0.25) is 10.1 Å². The predicted molar refractivity (Wildman–Crippen MR) is 85.7 cm³/mol. The summed E-state index contributed by atoms with van der Waals surface area (Å²) in [5.74, 6) is -0.973. The maximum Gasteiger partial charge on any atom is 0.411 e. The lowest BCUT2D eigenvalue weighted by Crippen LogP contribution is -2.16. The second-order valence-electron chi connectivity index (χ2n) is 4.53. The lowest BCUT2D eigenvalue weighted by Gasteiger charge is -2.12. The molecule has 2 N–H and O–H groups in total. The van der Waals surface area contributed by atoms with Crippen molar-refractivity contribution >= 4 is 33.7 Å². The Morgan fingerprint density at radius 3 is 2.50 bits per heavy atom. The maximum atomic E-state index is 11.9. The number of amides is 1. The van der Waals surface area contributed by atoms with Gasteiger partial charge in [-0.25, -0.2) is 4.79 Å². The summed E-state index contributed by atoms with van der Waals surface area (Å²) in [5, 5.41) is 11.5. The van der Waals surface area contributed by atoms with Gasteiger partial charge in [0.25, 0.3) is 0 Å². The molecule has 0 radical (unpaired) electrons. The van der Waals surface area contributed by atoms with Gasteiger partial charge < -0.3 is 9.84 Å². The van der Waals surface area contributed by atoms with E-state index in [0.29, 0.717) is 15.7 Å². The van der Waals surface area contributed by atoms with E-state index in [1.807, 2.05) is 30.3 Å². The van der Waals surface area contributed by atoms with E-state index in [0.717, 1.165) is 5.56 Å². The van der Waals surface area contributed by atoms with Crippen LogP contribution in [0, 0.1) is 0 Å². The van der Waals surface area contributed by atoms with Gasteiger partial charge in [-0.1, -0.05) is 42.5 Å². The molecule has 0 atom stereocenters. The zero-order valence-electron chi connectivity index (χ0n) is 11.6. The smallest absolute Gasteiger partial charge is 0.411 e. The van der Waals surface area contributed by atoms with E-state index in [1.165, 1.54) is 0 Å². The fourth-order valence-electron chi connectivity index (χ4n) is 1.88. The van der Waals surface area contributed by atoms with Crippen LogP contribution >= 0.6 is 15.9 Å². The molecule has 114 valence electrons. The van der Waals surface area contributed by atoms with E-state index in [-0.39, 0.29) is 13.0 Å². The minimum absolute atomic E-state index is 0.144. The number of halogens is 1. The number of para-hydroxylation sites is 1. The van der Waals surface area contributed by atoms with E-state index in [9.17, 15) is 9.59 Å². The van der Waals surface area contributed by atoms with Crippen molar-refractivity contribution in [2.75, 3.05) is 5.32 Å². The van der Waals surface area contributed by atoms with Crippen molar-refractivity contribution in [3.05, 3.63) is 64.1 Å². The van der Waals surface area contributed by atoms with Gasteiger partial charge in [0.1, 0.15) is 6.61 Å². The Morgan fingerprint density at radius 1 is 1.09 bits per heavy atom. The molecule has 2 rings (SSSR count). The van der Waals surface area contributed by atoms with E-state index in [1.54, 1.807) is 18.2 Å². The molecule has 0 fully saturated rings. The number of rotatable bonds is 5. The number of carboxylic acid groups (broad SMARTS) is 1. The fraction of sp³-hybridized carbons (Fsp3) is 0.125. The van der Waals surface area contributed by atoms with Crippen LogP contribution in [-0.2, 0) is 22.6 Å². The summed E-state index contributed by atoms with van der Waals surface area (Å²) < 4.78 is 5.73. The summed E-state index contributed by atoms with van der Waals surface area (Å²) in [4.78, 5) is 22.7. The highest BCUT2D eigenvalue weighted by molar-refractivity contribution is 9.10. The first-order valence-corrected chi connectivity index (χ1v) is 7.32. The Morgan fingerprint density at radius 2 is 1.82 bits per heavy atom. The number of carbonyl (C=O) groups excluding carboxylic acids is 1. The minimum atomic E-state index is -0.973. The highest BCUT2D eigenvalue weighted by Gasteiger charge is 2.13. The van der Waals surface area contributed by atoms with Crippen LogP contribution in [0.25, 0.3) is 0 Å². The summed E-state index contributed by atoms with van der Waals surface area (Å²) in [5.41, 5.74) is 1.78. The zero-order valence-corrected chi connectivity index (χ0v) is 13.2. The monoisotopic (exact) mass is 363 g/mol. The average Bonchev–Trinajstić information content (AvgIpc) is 2.49. The summed E-state index contributed by atoms with van der Waals surface area (Å²) in [7, 11) is 0. The fourth-order valence-corrected chi connectivity index (χ4v) is 2.39. The molecule has 22 heavy (non-hydrogen) atoms. The number of nitrogens with one attached hydrogen (secondary N) is 1. The normalized spacial score (nSPS) is 10.0. The van der Waals surface area contributed by atoms with Crippen LogP contribution in [-0.4, -0.2) is 17.2 Å². The van der Waals surface area contributed by atoms with Crippen molar-refractivity contribution in [3.63, 3.8) is 0 Å². The van der Waals surface area contributed by atoms with Crippen LogP contribution in [0.1, 0.15) is 11.1 Å². The molecular formula is C16H14BrNO4. The van der Waals surface area contributed by atoms with Gasteiger partial charge in [0.05, 0.1) is 12.1 Å². The molecule has 0 aliphatic heterocycles. The van der Waals surface area contributed by atoms with E-state index >= 15 is 0 Å². The van der Waals surface area contributed by atoms with E-state index < -0.39 is 12.1 Å². The molecular weight excluding hydrogens is 350 g/mol. The van der Waals surface area contributed by atoms with E-state index in [2.05, 4.69) is 21.2 Å². The second-order valence-corrected chi connectivity index (χ2v) is 5.39. The number of hydrogen-bond acceptors (Lipinski definition) is 3. The minimum Gasteiger partial charge on any atom is -0.481 e. The molecule has 0 saturated carbocycles. The molecule has 0 aromatic heterocycles. The van der Waals surface area contributed by atoms with Crippen molar-refractivity contribution in [2.24, 2.45) is 0 Å². The van der Waals surface area contributed by atoms with E-state index in [4.69, 9.17) is 9.84 Å².